The van der Waals surface area contributed by atoms with Crippen molar-refractivity contribution >= 4 is 46.1 Å². The van der Waals surface area contributed by atoms with Crippen molar-refractivity contribution in [3.63, 3.8) is 0 Å². The second-order valence-corrected chi connectivity index (χ2v) is 6.79. The predicted octanol–water partition coefficient (Wildman–Crippen LogP) is 4.97. The summed E-state index contributed by atoms with van der Waals surface area (Å²) in [6.07, 6.45) is 0. The first-order chi connectivity index (χ1) is 13.4. The molecule has 1 aliphatic rings. The highest BCUT2D eigenvalue weighted by Crippen LogP contribution is 2.33. The molecule has 28 heavy (non-hydrogen) atoms. The summed E-state index contributed by atoms with van der Waals surface area (Å²) < 4.78 is 5.53. The van der Waals surface area contributed by atoms with E-state index in [0.717, 1.165) is 5.56 Å². The van der Waals surface area contributed by atoms with E-state index in [9.17, 15) is 9.59 Å². The molecule has 7 heteroatoms. The number of benzene rings is 2. The Labute approximate surface area is 173 Å². The molecule has 0 amide bonds. The van der Waals surface area contributed by atoms with Crippen LogP contribution in [0.4, 0.5) is 11.4 Å². The fourth-order valence-corrected chi connectivity index (χ4v) is 3.16. The van der Waals surface area contributed by atoms with Crippen LogP contribution in [0.1, 0.15) is 12.5 Å². The summed E-state index contributed by atoms with van der Waals surface area (Å²) in [5.74, 6) is -0.606. The van der Waals surface area contributed by atoms with Gasteiger partial charge in [-0.25, -0.2) is 0 Å². The molecule has 0 heterocycles. The normalized spacial score (nSPS) is 14.4. The van der Waals surface area contributed by atoms with Gasteiger partial charge in [0.15, 0.2) is 0 Å². The summed E-state index contributed by atoms with van der Waals surface area (Å²) in [7, 11) is 0. The first-order valence-corrected chi connectivity index (χ1v) is 9.40. The van der Waals surface area contributed by atoms with Crippen LogP contribution in [0.15, 0.2) is 70.0 Å². The van der Waals surface area contributed by atoms with Gasteiger partial charge in [0.05, 0.1) is 12.3 Å². The minimum absolute atomic E-state index is 0.0467. The second kappa shape index (κ2) is 8.50. The molecule has 5 nitrogen and oxygen atoms in total. The number of anilines is 2. The molecule has 144 valence electrons. The van der Waals surface area contributed by atoms with Crippen LogP contribution >= 0.6 is 23.2 Å². The van der Waals surface area contributed by atoms with Gasteiger partial charge in [-0.15, -0.1) is 0 Å². The Morgan fingerprint density at radius 3 is 1.89 bits per heavy atom. The Bertz CT molecular complexity index is 1010. The summed E-state index contributed by atoms with van der Waals surface area (Å²) in [4.78, 5) is 25.6. The molecule has 1 aliphatic carbocycles. The molecule has 0 atom stereocenters. The number of rotatable bonds is 6. The van der Waals surface area contributed by atoms with Crippen molar-refractivity contribution in [2.45, 2.75) is 13.8 Å². The smallest absolute Gasteiger partial charge is 0.224 e. The number of carbonyl (C=O) groups excluding carboxylic acids is 2. The van der Waals surface area contributed by atoms with E-state index >= 15 is 0 Å². The lowest BCUT2D eigenvalue weighted by atomic mass is 10.0. The van der Waals surface area contributed by atoms with Gasteiger partial charge in [-0.1, -0.05) is 53.5 Å². The fraction of sp³-hybridized carbons (Fsp3) is 0.143. The van der Waals surface area contributed by atoms with Crippen molar-refractivity contribution in [3.05, 3.63) is 75.6 Å². The third kappa shape index (κ3) is 3.91. The van der Waals surface area contributed by atoms with Gasteiger partial charge in [0.2, 0.25) is 11.6 Å². The summed E-state index contributed by atoms with van der Waals surface area (Å²) in [6.45, 7) is 4.17. The number of carbonyl (C=O) groups is 2. The molecular formula is C21H18Cl2N2O3. The average Bonchev–Trinajstić information content (AvgIpc) is 2.70. The molecule has 0 aliphatic heterocycles. The number of ketones is 2. The first-order valence-electron chi connectivity index (χ1n) is 8.64. The Morgan fingerprint density at radius 2 is 1.32 bits per heavy atom. The number of ether oxygens (including phenoxy) is 1. The highest BCUT2D eigenvalue weighted by Gasteiger charge is 2.34. The molecular weight excluding hydrogens is 399 g/mol. The zero-order valence-electron chi connectivity index (χ0n) is 15.3. The number of hydrogen-bond donors (Lipinski definition) is 2. The lowest BCUT2D eigenvalue weighted by Crippen LogP contribution is -2.27. The van der Waals surface area contributed by atoms with Gasteiger partial charge < -0.3 is 15.4 Å². The Balaban J connectivity index is 1.93. The van der Waals surface area contributed by atoms with Gasteiger partial charge in [-0.3, -0.25) is 9.59 Å². The van der Waals surface area contributed by atoms with Crippen LogP contribution in [-0.2, 0) is 9.59 Å². The van der Waals surface area contributed by atoms with Crippen molar-refractivity contribution in [2.24, 2.45) is 0 Å². The Hall–Kier alpha value is -2.76. The van der Waals surface area contributed by atoms with Gasteiger partial charge in [0, 0.05) is 5.69 Å². The Morgan fingerprint density at radius 1 is 0.821 bits per heavy atom. The lowest BCUT2D eigenvalue weighted by molar-refractivity contribution is -0.115. The highest BCUT2D eigenvalue weighted by atomic mass is 35.5. The quantitative estimate of drug-likeness (QED) is 0.650. The van der Waals surface area contributed by atoms with Crippen LogP contribution in [0, 0.1) is 6.92 Å². The van der Waals surface area contributed by atoms with E-state index in [2.05, 4.69) is 10.6 Å². The lowest BCUT2D eigenvalue weighted by Gasteiger charge is -2.21. The Kier molecular flexibility index (Phi) is 6.07. The summed E-state index contributed by atoms with van der Waals surface area (Å²) in [5.41, 5.74) is 1.95. The van der Waals surface area contributed by atoms with E-state index in [1.54, 1.807) is 30.3 Å². The maximum Gasteiger partial charge on any atom is 0.224 e. The number of aryl methyl sites for hydroxylation is 1. The number of allylic oxidation sites excluding steroid dienone is 2. The summed E-state index contributed by atoms with van der Waals surface area (Å²) >= 11 is 12.5. The van der Waals surface area contributed by atoms with E-state index in [0.29, 0.717) is 23.7 Å². The number of Topliss-reactive ketones (excluding diaryl/α,β-unsaturated/α-hetero) is 2. The van der Waals surface area contributed by atoms with Gasteiger partial charge in [0.25, 0.3) is 0 Å². The van der Waals surface area contributed by atoms with Crippen molar-refractivity contribution in [2.75, 3.05) is 17.2 Å². The van der Waals surface area contributed by atoms with Crippen LogP contribution in [0.5, 0.6) is 5.75 Å². The molecule has 2 aromatic carbocycles. The maximum atomic E-state index is 12.8. The number of nitrogens with one attached hydrogen (secondary N) is 2. The molecule has 0 unspecified atom stereocenters. The van der Waals surface area contributed by atoms with Crippen molar-refractivity contribution in [1.29, 1.82) is 0 Å². The predicted molar refractivity (Wildman–Crippen MR) is 112 cm³/mol. The number of halogens is 2. The van der Waals surface area contributed by atoms with Gasteiger partial charge in [-0.2, -0.15) is 0 Å². The van der Waals surface area contributed by atoms with Crippen molar-refractivity contribution in [3.8, 4) is 5.75 Å². The zero-order chi connectivity index (χ0) is 20.3. The molecule has 0 bridgehead atoms. The molecule has 0 saturated carbocycles. The van der Waals surface area contributed by atoms with E-state index < -0.39 is 11.6 Å². The molecule has 0 fully saturated rings. The molecule has 0 saturated heterocycles. The van der Waals surface area contributed by atoms with Crippen molar-refractivity contribution in [1.82, 2.24) is 0 Å². The monoisotopic (exact) mass is 416 g/mol. The summed E-state index contributed by atoms with van der Waals surface area (Å²) in [6, 6.07) is 14.4. The third-order valence-electron chi connectivity index (χ3n) is 4.14. The van der Waals surface area contributed by atoms with Gasteiger partial charge in [-0.05, 0) is 37.6 Å². The number of hydrogen-bond acceptors (Lipinski definition) is 5. The van der Waals surface area contributed by atoms with Crippen molar-refractivity contribution < 1.29 is 14.3 Å². The SMILES string of the molecule is CCOc1ccccc1NC1=C(Cl)C(=O)C(Nc2ccccc2C)=C(Cl)C1=O. The van der Waals surface area contributed by atoms with Gasteiger partial charge in [0.1, 0.15) is 27.2 Å². The van der Waals surface area contributed by atoms with Crippen LogP contribution in [0.2, 0.25) is 0 Å². The largest absolute Gasteiger partial charge is 0.492 e. The fourth-order valence-electron chi connectivity index (χ4n) is 2.70. The second-order valence-electron chi connectivity index (χ2n) is 6.03. The molecule has 3 rings (SSSR count). The zero-order valence-corrected chi connectivity index (χ0v) is 16.8. The van der Waals surface area contributed by atoms with E-state index in [1.165, 1.54) is 0 Å². The van der Waals surface area contributed by atoms with E-state index in [-0.39, 0.29) is 21.5 Å². The van der Waals surface area contributed by atoms with Crippen LogP contribution in [-0.4, -0.2) is 18.2 Å². The van der Waals surface area contributed by atoms with Gasteiger partial charge >= 0.3 is 0 Å². The standard InChI is InChI=1S/C21H18Cl2N2O3/c1-3-28-15-11-7-6-10-14(15)25-19-17(23)20(26)18(16(22)21(19)27)24-13-9-5-4-8-12(13)2/h4-11,24-25H,3H2,1-2H3. The number of para-hydroxylation sites is 3. The summed E-state index contributed by atoms with van der Waals surface area (Å²) in [5, 5.41) is 5.36. The van der Waals surface area contributed by atoms with Crippen LogP contribution < -0.4 is 15.4 Å². The van der Waals surface area contributed by atoms with E-state index in [1.807, 2.05) is 32.0 Å². The maximum absolute atomic E-state index is 12.8. The third-order valence-corrected chi connectivity index (χ3v) is 4.86. The molecule has 0 radical (unpaired) electrons. The minimum Gasteiger partial charge on any atom is -0.492 e. The highest BCUT2D eigenvalue weighted by molar-refractivity contribution is 6.56. The van der Waals surface area contributed by atoms with Crippen LogP contribution in [0.25, 0.3) is 0 Å². The molecule has 2 aromatic rings. The van der Waals surface area contributed by atoms with E-state index in [4.69, 9.17) is 27.9 Å². The molecule has 0 aromatic heterocycles. The average molecular weight is 417 g/mol. The topological polar surface area (TPSA) is 67.4 Å². The molecule has 2 N–H and O–H groups in total. The minimum atomic E-state index is -0.575. The first kappa shape index (κ1) is 20.0. The molecule has 0 spiro atoms. The van der Waals surface area contributed by atoms with Crippen LogP contribution in [0.3, 0.4) is 0 Å².